The van der Waals surface area contributed by atoms with Gasteiger partial charge in [-0.2, -0.15) is 8.42 Å². The number of benzene rings is 1. The molecule has 1 aromatic carbocycles. The summed E-state index contributed by atoms with van der Waals surface area (Å²) >= 11 is 0. The average Bonchev–Trinajstić information content (AvgIpc) is 2.69. The number of carboxylic acids is 2. The summed E-state index contributed by atoms with van der Waals surface area (Å²) in [6.07, 6.45) is 3.13. The van der Waals surface area contributed by atoms with Crippen LogP contribution in [0, 0.1) is 5.92 Å². The first kappa shape index (κ1) is 23.6. The second-order valence-electron chi connectivity index (χ2n) is 6.79. The molecule has 0 aromatic heterocycles. The second-order valence-corrected chi connectivity index (χ2v) is 10.2. The summed E-state index contributed by atoms with van der Waals surface area (Å²) in [6, 6.07) is 8.22. The molecular formula is C19H22NO8PS. The number of carboxylic acid groups (broad SMARTS) is 2. The van der Waals surface area contributed by atoms with E-state index in [-0.39, 0.29) is 17.7 Å². The summed E-state index contributed by atoms with van der Waals surface area (Å²) in [7, 11) is -6.66. The number of allylic oxidation sites excluding steroid dienone is 4. The minimum Gasteiger partial charge on any atom is -0.481 e. The molecule has 1 aromatic rings. The van der Waals surface area contributed by atoms with E-state index < -0.39 is 53.9 Å². The molecule has 3 unspecified atom stereocenters. The zero-order valence-electron chi connectivity index (χ0n) is 15.8. The Balaban J connectivity index is 2.34. The number of nitrogens with one attached hydrogen (secondary N) is 1. The fourth-order valence-electron chi connectivity index (χ4n) is 3.03. The highest BCUT2D eigenvalue weighted by Gasteiger charge is 2.37. The van der Waals surface area contributed by atoms with Crippen LogP contribution in [0.15, 0.2) is 54.3 Å². The fourth-order valence-corrected chi connectivity index (χ4v) is 5.68. The lowest BCUT2D eigenvalue weighted by molar-refractivity contribution is -0.142. The third kappa shape index (κ3) is 6.69. The maximum absolute atomic E-state index is 13.3. The van der Waals surface area contributed by atoms with Gasteiger partial charge in [0.2, 0.25) is 17.7 Å². The van der Waals surface area contributed by atoms with Gasteiger partial charge >= 0.3 is 11.9 Å². The molecule has 0 amide bonds. The van der Waals surface area contributed by atoms with Gasteiger partial charge < -0.3 is 20.4 Å². The van der Waals surface area contributed by atoms with Crippen LogP contribution < -0.4 is 5.32 Å². The Morgan fingerprint density at radius 2 is 1.83 bits per heavy atom. The predicted octanol–water partition coefficient (Wildman–Crippen LogP) is 2.01. The molecule has 0 heterocycles. The van der Waals surface area contributed by atoms with Crippen LogP contribution in [0.25, 0.3) is 0 Å². The van der Waals surface area contributed by atoms with Crippen LogP contribution in [0.4, 0.5) is 0 Å². The average molecular weight is 455 g/mol. The Kier molecular flexibility index (Phi) is 8.16. The third-order valence-corrected chi connectivity index (χ3v) is 7.44. The van der Waals surface area contributed by atoms with E-state index in [1.54, 1.807) is 36.4 Å². The van der Waals surface area contributed by atoms with Crippen molar-refractivity contribution in [1.82, 2.24) is 5.32 Å². The van der Waals surface area contributed by atoms with E-state index in [0.29, 0.717) is 11.3 Å². The van der Waals surface area contributed by atoms with Crippen molar-refractivity contribution < 1.29 is 37.7 Å². The minimum absolute atomic E-state index is 0.00266. The van der Waals surface area contributed by atoms with Crippen molar-refractivity contribution in [3.63, 3.8) is 0 Å². The van der Waals surface area contributed by atoms with Crippen LogP contribution in [0.5, 0.6) is 0 Å². The monoisotopic (exact) mass is 455 g/mol. The molecule has 4 N–H and O–H groups in total. The quantitative estimate of drug-likeness (QED) is 0.306. The molecule has 11 heteroatoms. The molecule has 0 saturated heterocycles. The molecule has 0 spiro atoms. The molecule has 0 aliphatic heterocycles. The zero-order valence-corrected chi connectivity index (χ0v) is 17.6. The van der Waals surface area contributed by atoms with E-state index in [9.17, 15) is 32.6 Å². The number of hydrogen-bond donors (Lipinski definition) is 4. The van der Waals surface area contributed by atoms with Crippen LogP contribution >= 0.6 is 7.37 Å². The van der Waals surface area contributed by atoms with Crippen molar-refractivity contribution >= 4 is 34.5 Å². The van der Waals surface area contributed by atoms with Crippen LogP contribution in [0.2, 0.25) is 0 Å². The van der Waals surface area contributed by atoms with Gasteiger partial charge in [0, 0.05) is 24.7 Å². The van der Waals surface area contributed by atoms with Gasteiger partial charge in [-0.25, -0.2) is 0 Å². The first-order valence-electron chi connectivity index (χ1n) is 9.00. The molecule has 0 fully saturated rings. The van der Waals surface area contributed by atoms with Crippen LogP contribution in [-0.2, 0) is 24.4 Å². The highest BCUT2D eigenvalue weighted by atomic mass is 32.2. The van der Waals surface area contributed by atoms with Gasteiger partial charge in [0.25, 0.3) is 0 Å². The lowest BCUT2D eigenvalue weighted by Gasteiger charge is -2.29. The summed E-state index contributed by atoms with van der Waals surface area (Å²) in [4.78, 5) is 33.2. The van der Waals surface area contributed by atoms with Crippen LogP contribution in [0.1, 0.15) is 30.6 Å². The summed E-state index contributed by atoms with van der Waals surface area (Å²) in [5, 5.41) is 21.1. The molecule has 9 nitrogen and oxygen atoms in total. The summed E-state index contributed by atoms with van der Waals surface area (Å²) < 4.78 is 35.8. The molecule has 2 rings (SSSR count). The van der Waals surface area contributed by atoms with Crippen molar-refractivity contribution in [3.05, 3.63) is 59.8 Å². The van der Waals surface area contributed by atoms with E-state index in [1.165, 1.54) is 12.2 Å². The van der Waals surface area contributed by atoms with Crippen LogP contribution in [0.3, 0.4) is 0 Å². The van der Waals surface area contributed by atoms with E-state index in [4.69, 9.17) is 5.11 Å². The number of carbonyl (C=O) groups is 2. The maximum Gasteiger partial charge on any atom is 0.307 e. The molecule has 0 bridgehead atoms. The summed E-state index contributed by atoms with van der Waals surface area (Å²) in [5.74, 6) is -5.06. The van der Waals surface area contributed by atoms with E-state index in [1.807, 2.05) is 0 Å². The zero-order chi connectivity index (χ0) is 22.3. The SMILES string of the molecule is O=C(O)CCC(CP(=O)(O)C(NC1=CC=CC(=S(=O)=O)C1)c1ccccc1)C(=O)O. The Bertz CT molecular complexity index is 1040. The first-order chi connectivity index (χ1) is 14.1. The number of hydrogen-bond acceptors (Lipinski definition) is 6. The van der Waals surface area contributed by atoms with E-state index in [2.05, 4.69) is 5.32 Å². The van der Waals surface area contributed by atoms with Gasteiger partial charge in [-0.1, -0.05) is 36.4 Å². The Morgan fingerprint density at radius 3 is 2.40 bits per heavy atom. The molecule has 1 aliphatic rings. The Hall–Kier alpha value is -2.68. The van der Waals surface area contributed by atoms with Gasteiger partial charge in [0.15, 0.2) is 0 Å². The molecule has 0 saturated carbocycles. The Morgan fingerprint density at radius 1 is 1.17 bits per heavy atom. The highest BCUT2D eigenvalue weighted by Crippen LogP contribution is 2.56. The van der Waals surface area contributed by atoms with Gasteiger partial charge in [-0.05, 0) is 24.1 Å². The third-order valence-electron chi connectivity index (χ3n) is 4.54. The van der Waals surface area contributed by atoms with Crippen molar-refractivity contribution in [3.8, 4) is 0 Å². The lowest BCUT2D eigenvalue weighted by Crippen LogP contribution is -2.27. The normalized spacial score (nSPS) is 17.4. The number of rotatable bonds is 10. The molecular weight excluding hydrogens is 433 g/mol. The Labute approximate surface area is 174 Å². The van der Waals surface area contributed by atoms with Crippen molar-refractivity contribution in [1.29, 1.82) is 0 Å². The van der Waals surface area contributed by atoms with E-state index in [0.717, 1.165) is 0 Å². The lowest BCUT2D eigenvalue weighted by atomic mass is 10.1. The standard InChI is InChI=1S/C19H22NO8PS/c21-17(22)10-9-14(19(23)24)12-29(25,26)18(13-5-2-1-3-6-13)20-15-7-4-8-16(11-15)30(27)28/h1-8,14,18,20H,9-12H2,(H,21,22)(H,23,24)(H,25,26). The largest absolute Gasteiger partial charge is 0.481 e. The molecule has 0 radical (unpaired) electrons. The first-order valence-corrected chi connectivity index (χ1v) is 12.0. The van der Waals surface area contributed by atoms with Gasteiger partial charge in [-0.3, -0.25) is 14.2 Å². The second kappa shape index (κ2) is 10.4. The molecule has 3 atom stereocenters. The topological polar surface area (TPSA) is 158 Å². The van der Waals surface area contributed by atoms with Crippen molar-refractivity contribution in [2.24, 2.45) is 5.92 Å². The van der Waals surface area contributed by atoms with Gasteiger partial charge in [0.05, 0.1) is 10.8 Å². The van der Waals surface area contributed by atoms with Gasteiger partial charge in [-0.15, -0.1) is 0 Å². The smallest absolute Gasteiger partial charge is 0.307 e. The maximum atomic E-state index is 13.3. The minimum atomic E-state index is -4.22. The molecule has 162 valence electrons. The van der Waals surface area contributed by atoms with Crippen molar-refractivity contribution in [2.75, 3.05) is 6.16 Å². The number of aliphatic carboxylic acids is 2. The van der Waals surface area contributed by atoms with Gasteiger partial charge in [0.1, 0.15) is 5.78 Å². The highest BCUT2D eigenvalue weighted by molar-refractivity contribution is 7.73. The molecule has 1 aliphatic carbocycles. The summed E-state index contributed by atoms with van der Waals surface area (Å²) in [6.45, 7) is 0. The van der Waals surface area contributed by atoms with E-state index >= 15 is 0 Å². The molecule has 30 heavy (non-hydrogen) atoms. The van der Waals surface area contributed by atoms with Crippen molar-refractivity contribution in [2.45, 2.75) is 25.0 Å². The predicted molar refractivity (Wildman–Crippen MR) is 111 cm³/mol. The fraction of sp³-hybridized carbons (Fsp3) is 0.316. The summed E-state index contributed by atoms with van der Waals surface area (Å²) in [5.41, 5.74) is 0.809. The van der Waals surface area contributed by atoms with Crippen LogP contribution in [-0.4, -0.2) is 46.5 Å².